The molecule has 0 amide bonds. The van der Waals surface area contributed by atoms with Crippen molar-refractivity contribution >= 4 is 11.7 Å². The van der Waals surface area contributed by atoms with Gasteiger partial charge in [-0.05, 0) is 35.4 Å². The van der Waals surface area contributed by atoms with Crippen molar-refractivity contribution in [2.75, 3.05) is 19.5 Å². The van der Waals surface area contributed by atoms with Gasteiger partial charge in [0.1, 0.15) is 11.5 Å². The number of hydrogen-bond donors (Lipinski definition) is 1. The summed E-state index contributed by atoms with van der Waals surface area (Å²) in [6.45, 7) is 0. The summed E-state index contributed by atoms with van der Waals surface area (Å²) in [5.74, 6) is 1.07. The first-order chi connectivity index (χ1) is 9.71. The highest BCUT2D eigenvalue weighted by Gasteiger charge is 2.21. The van der Waals surface area contributed by atoms with Crippen LogP contribution in [0.5, 0.6) is 11.5 Å². The zero-order chi connectivity index (χ0) is 14.1. The van der Waals surface area contributed by atoms with E-state index in [1.807, 2.05) is 43.4 Å². The van der Waals surface area contributed by atoms with Crippen molar-refractivity contribution in [3.8, 4) is 22.6 Å². The molecule has 2 aromatic carbocycles. The SMILES string of the molecule is CNc1ccc2c(c1)OC(=O)Cc1cc(OC)ccc1-2. The maximum absolute atomic E-state index is 11.9. The van der Waals surface area contributed by atoms with Gasteiger partial charge >= 0.3 is 5.97 Å². The largest absolute Gasteiger partial charge is 0.497 e. The van der Waals surface area contributed by atoms with E-state index >= 15 is 0 Å². The molecule has 0 fully saturated rings. The Bertz CT molecular complexity index is 622. The van der Waals surface area contributed by atoms with E-state index < -0.39 is 0 Å². The topological polar surface area (TPSA) is 47.6 Å². The zero-order valence-corrected chi connectivity index (χ0v) is 11.4. The van der Waals surface area contributed by atoms with E-state index in [9.17, 15) is 4.79 Å². The molecule has 0 saturated heterocycles. The summed E-state index contributed by atoms with van der Waals surface area (Å²) in [7, 11) is 3.45. The van der Waals surface area contributed by atoms with Gasteiger partial charge < -0.3 is 14.8 Å². The van der Waals surface area contributed by atoms with Gasteiger partial charge in [-0.2, -0.15) is 0 Å². The van der Waals surface area contributed by atoms with Crippen LogP contribution in [0.2, 0.25) is 0 Å². The van der Waals surface area contributed by atoms with Gasteiger partial charge in [-0.25, -0.2) is 0 Å². The molecule has 1 aliphatic rings. The summed E-state index contributed by atoms with van der Waals surface area (Å²) in [5.41, 5.74) is 3.76. The predicted octanol–water partition coefficient (Wildman–Crippen LogP) is 2.87. The molecule has 1 heterocycles. The predicted molar refractivity (Wildman–Crippen MR) is 77.3 cm³/mol. The van der Waals surface area contributed by atoms with Crippen LogP contribution in [-0.4, -0.2) is 20.1 Å². The highest BCUT2D eigenvalue weighted by Crippen LogP contribution is 2.38. The van der Waals surface area contributed by atoms with Gasteiger partial charge in [0.2, 0.25) is 0 Å². The fourth-order valence-corrected chi connectivity index (χ4v) is 2.41. The minimum Gasteiger partial charge on any atom is -0.497 e. The first-order valence-corrected chi connectivity index (χ1v) is 6.41. The minimum absolute atomic E-state index is 0.246. The quantitative estimate of drug-likeness (QED) is 0.672. The molecule has 20 heavy (non-hydrogen) atoms. The van der Waals surface area contributed by atoms with E-state index in [1.54, 1.807) is 7.11 Å². The first-order valence-electron chi connectivity index (χ1n) is 6.41. The molecule has 0 spiro atoms. The maximum atomic E-state index is 11.9. The third kappa shape index (κ3) is 2.09. The number of rotatable bonds is 2. The lowest BCUT2D eigenvalue weighted by molar-refractivity contribution is -0.133. The molecule has 102 valence electrons. The maximum Gasteiger partial charge on any atom is 0.315 e. The van der Waals surface area contributed by atoms with Crippen LogP contribution in [0.1, 0.15) is 5.56 Å². The fourth-order valence-electron chi connectivity index (χ4n) is 2.41. The average Bonchev–Trinajstić information content (AvgIpc) is 2.60. The summed E-state index contributed by atoms with van der Waals surface area (Å²) in [6, 6.07) is 11.5. The van der Waals surface area contributed by atoms with Crippen molar-refractivity contribution in [2.45, 2.75) is 6.42 Å². The van der Waals surface area contributed by atoms with Crippen LogP contribution in [0.3, 0.4) is 0 Å². The average molecular weight is 269 g/mol. The second-order valence-corrected chi connectivity index (χ2v) is 4.63. The Morgan fingerprint density at radius 3 is 2.70 bits per heavy atom. The number of carbonyl (C=O) groups excluding carboxylic acids is 1. The second kappa shape index (κ2) is 4.89. The summed E-state index contributed by atoms with van der Waals surface area (Å²) in [4.78, 5) is 11.9. The Hall–Kier alpha value is -2.49. The van der Waals surface area contributed by atoms with Crippen LogP contribution in [0.25, 0.3) is 11.1 Å². The Labute approximate surface area is 117 Å². The first kappa shape index (κ1) is 12.5. The lowest BCUT2D eigenvalue weighted by Crippen LogP contribution is -2.09. The lowest BCUT2D eigenvalue weighted by Gasteiger charge is -2.10. The Morgan fingerprint density at radius 2 is 1.95 bits per heavy atom. The molecular weight excluding hydrogens is 254 g/mol. The van der Waals surface area contributed by atoms with Gasteiger partial charge in [0.15, 0.2) is 0 Å². The molecule has 0 bridgehead atoms. The van der Waals surface area contributed by atoms with E-state index in [-0.39, 0.29) is 12.4 Å². The molecule has 0 aromatic heterocycles. The standard InChI is InChI=1S/C16H15NO3/c1-17-11-3-5-14-13-6-4-12(19-2)7-10(13)8-16(18)20-15(14)9-11/h3-7,9,17H,8H2,1-2H3. The van der Waals surface area contributed by atoms with E-state index in [0.717, 1.165) is 28.1 Å². The van der Waals surface area contributed by atoms with Gasteiger partial charge in [0.25, 0.3) is 0 Å². The van der Waals surface area contributed by atoms with Gasteiger partial charge in [-0.15, -0.1) is 0 Å². The number of fused-ring (bicyclic) bond motifs is 3. The normalized spacial score (nSPS) is 12.8. The molecule has 4 heteroatoms. The van der Waals surface area contributed by atoms with Gasteiger partial charge in [-0.1, -0.05) is 6.07 Å². The van der Waals surface area contributed by atoms with Crippen molar-refractivity contribution in [3.05, 3.63) is 42.0 Å². The van der Waals surface area contributed by atoms with Crippen LogP contribution < -0.4 is 14.8 Å². The summed E-state index contributed by atoms with van der Waals surface area (Å²) in [5, 5.41) is 3.04. The molecular formula is C16H15NO3. The Balaban J connectivity index is 2.19. The summed E-state index contributed by atoms with van der Waals surface area (Å²) >= 11 is 0. The molecule has 0 atom stereocenters. The lowest BCUT2D eigenvalue weighted by atomic mass is 9.97. The fraction of sp³-hybridized carbons (Fsp3) is 0.188. The van der Waals surface area contributed by atoms with Crippen molar-refractivity contribution in [1.82, 2.24) is 0 Å². The number of carbonyl (C=O) groups is 1. The van der Waals surface area contributed by atoms with Crippen molar-refractivity contribution in [1.29, 1.82) is 0 Å². The second-order valence-electron chi connectivity index (χ2n) is 4.63. The molecule has 0 radical (unpaired) electrons. The van der Waals surface area contributed by atoms with E-state index in [2.05, 4.69) is 5.32 Å². The Kier molecular flexibility index (Phi) is 3.06. The molecule has 3 rings (SSSR count). The van der Waals surface area contributed by atoms with Crippen LogP contribution in [0.4, 0.5) is 5.69 Å². The number of anilines is 1. The van der Waals surface area contributed by atoms with Crippen molar-refractivity contribution in [2.24, 2.45) is 0 Å². The van der Waals surface area contributed by atoms with Gasteiger partial charge in [-0.3, -0.25) is 4.79 Å². The number of methoxy groups -OCH3 is 1. The van der Waals surface area contributed by atoms with Gasteiger partial charge in [0.05, 0.1) is 13.5 Å². The molecule has 0 saturated carbocycles. The molecule has 1 aliphatic heterocycles. The molecule has 1 N–H and O–H groups in total. The van der Waals surface area contributed by atoms with Crippen LogP contribution in [-0.2, 0) is 11.2 Å². The highest BCUT2D eigenvalue weighted by molar-refractivity contribution is 5.87. The van der Waals surface area contributed by atoms with E-state index in [1.165, 1.54) is 0 Å². The third-order valence-corrected chi connectivity index (χ3v) is 3.43. The van der Waals surface area contributed by atoms with Crippen molar-refractivity contribution in [3.63, 3.8) is 0 Å². The minimum atomic E-state index is -0.258. The van der Waals surface area contributed by atoms with E-state index in [4.69, 9.17) is 9.47 Å². The van der Waals surface area contributed by atoms with Crippen LogP contribution in [0.15, 0.2) is 36.4 Å². The van der Waals surface area contributed by atoms with Gasteiger partial charge in [0, 0.05) is 24.4 Å². The number of ether oxygens (including phenoxy) is 2. The number of hydrogen-bond acceptors (Lipinski definition) is 4. The number of nitrogens with one attached hydrogen (secondary N) is 1. The molecule has 0 unspecified atom stereocenters. The van der Waals surface area contributed by atoms with Crippen LogP contribution in [0, 0.1) is 0 Å². The monoisotopic (exact) mass is 269 g/mol. The van der Waals surface area contributed by atoms with Crippen molar-refractivity contribution < 1.29 is 14.3 Å². The summed E-state index contributed by atoms with van der Waals surface area (Å²) in [6.07, 6.45) is 0.246. The molecule has 2 aromatic rings. The zero-order valence-electron chi connectivity index (χ0n) is 11.4. The van der Waals surface area contributed by atoms with E-state index in [0.29, 0.717) is 5.75 Å². The highest BCUT2D eigenvalue weighted by atomic mass is 16.5. The number of esters is 1. The molecule has 0 aliphatic carbocycles. The smallest absolute Gasteiger partial charge is 0.315 e. The van der Waals surface area contributed by atoms with Crippen LogP contribution >= 0.6 is 0 Å². The molecule has 4 nitrogen and oxygen atoms in total. The Morgan fingerprint density at radius 1 is 1.15 bits per heavy atom. The third-order valence-electron chi connectivity index (χ3n) is 3.43. The number of benzene rings is 2. The summed E-state index contributed by atoms with van der Waals surface area (Å²) < 4.78 is 10.7.